The molecule has 0 bridgehead atoms. The van der Waals surface area contributed by atoms with Crippen LogP contribution in [0.4, 0.5) is 0 Å². The van der Waals surface area contributed by atoms with Crippen molar-refractivity contribution in [3.63, 3.8) is 0 Å². The second kappa shape index (κ2) is 6.64. The molecule has 0 unspecified atom stereocenters. The van der Waals surface area contributed by atoms with Crippen LogP contribution in [0.5, 0.6) is 0 Å². The number of benzene rings is 1. The molecule has 1 N–H and O–H groups in total. The Labute approximate surface area is 138 Å². The summed E-state index contributed by atoms with van der Waals surface area (Å²) in [4.78, 5) is 11.8. The van der Waals surface area contributed by atoms with E-state index in [0.29, 0.717) is 9.50 Å². The van der Waals surface area contributed by atoms with Crippen LogP contribution in [0, 0.1) is 0 Å². The Kier molecular flexibility index (Phi) is 5.83. The highest BCUT2D eigenvalue weighted by Crippen LogP contribution is 2.25. The summed E-state index contributed by atoms with van der Waals surface area (Å²) in [6.07, 6.45) is 0. The predicted octanol–water partition coefficient (Wildman–Crippen LogP) is 3.11. The van der Waals surface area contributed by atoms with Crippen molar-refractivity contribution in [1.82, 2.24) is 4.72 Å². The number of carbonyl (C=O) groups excluding carboxylic acids is 1. The molecule has 0 aliphatic carbocycles. The van der Waals surface area contributed by atoms with Gasteiger partial charge in [0, 0.05) is 4.47 Å². The van der Waals surface area contributed by atoms with Gasteiger partial charge in [0.2, 0.25) is 10.0 Å². The zero-order chi connectivity index (χ0) is 16.4. The molecule has 0 amide bonds. The van der Waals surface area contributed by atoms with Crippen molar-refractivity contribution in [2.24, 2.45) is 0 Å². The van der Waals surface area contributed by atoms with Crippen molar-refractivity contribution in [3.8, 4) is 0 Å². The summed E-state index contributed by atoms with van der Waals surface area (Å²) in [6, 6.07) is 3.19. The first-order chi connectivity index (χ1) is 9.42. The molecular weight excluding hydrogens is 382 g/mol. The van der Waals surface area contributed by atoms with Crippen LogP contribution in [-0.2, 0) is 19.6 Å². The monoisotopic (exact) mass is 397 g/mol. The van der Waals surface area contributed by atoms with Crippen LogP contribution in [-0.4, -0.2) is 26.0 Å². The van der Waals surface area contributed by atoms with Crippen molar-refractivity contribution in [1.29, 1.82) is 0 Å². The third kappa shape index (κ3) is 5.58. The molecule has 1 aromatic rings. The van der Waals surface area contributed by atoms with E-state index in [4.69, 9.17) is 16.3 Å². The van der Waals surface area contributed by atoms with E-state index in [2.05, 4.69) is 20.7 Å². The third-order valence-electron chi connectivity index (χ3n) is 2.29. The van der Waals surface area contributed by atoms with Crippen molar-refractivity contribution >= 4 is 43.5 Å². The van der Waals surface area contributed by atoms with E-state index in [1.807, 2.05) is 0 Å². The van der Waals surface area contributed by atoms with E-state index in [1.165, 1.54) is 25.1 Å². The van der Waals surface area contributed by atoms with Crippen LogP contribution in [0.2, 0.25) is 5.02 Å². The largest absolute Gasteiger partial charge is 0.459 e. The number of nitrogens with one attached hydrogen (secondary N) is 1. The summed E-state index contributed by atoms with van der Waals surface area (Å²) in [5, 5.41) is 0.397. The first-order valence-electron chi connectivity index (χ1n) is 6.12. The minimum absolute atomic E-state index is 0.00850. The van der Waals surface area contributed by atoms with Crippen LogP contribution in [0.3, 0.4) is 0 Å². The summed E-state index contributed by atoms with van der Waals surface area (Å²) in [5.74, 6) is -0.640. The van der Waals surface area contributed by atoms with Gasteiger partial charge in [-0.25, -0.2) is 8.42 Å². The van der Waals surface area contributed by atoms with E-state index in [9.17, 15) is 13.2 Å². The highest BCUT2D eigenvalue weighted by atomic mass is 79.9. The lowest BCUT2D eigenvalue weighted by Gasteiger charge is -2.22. The maximum Gasteiger partial charge on any atom is 0.324 e. The molecule has 0 radical (unpaired) electrons. The third-order valence-corrected chi connectivity index (χ3v) is 5.05. The van der Waals surface area contributed by atoms with Gasteiger partial charge in [0.05, 0.1) is 9.92 Å². The maximum atomic E-state index is 12.2. The fraction of sp³-hybridized carbons (Fsp3) is 0.462. The Morgan fingerprint density at radius 1 is 1.38 bits per heavy atom. The van der Waals surface area contributed by atoms with Gasteiger partial charge < -0.3 is 4.74 Å². The summed E-state index contributed by atoms with van der Waals surface area (Å²) >= 11 is 8.98. The summed E-state index contributed by atoms with van der Waals surface area (Å²) < 4.78 is 32.2. The second-order valence-corrected chi connectivity index (χ2v) is 8.43. The Morgan fingerprint density at radius 2 is 1.95 bits per heavy atom. The molecule has 0 aliphatic rings. The lowest BCUT2D eigenvalue weighted by atomic mass is 10.2. The van der Waals surface area contributed by atoms with Crippen molar-refractivity contribution in [2.45, 2.75) is 44.2 Å². The molecule has 0 fully saturated rings. The zero-order valence-electron chi connectivity index (χ0n) is 12.1. The van der Waals surface area contributed by atoms with E-state index in [0.717, 1.165) is 0 Å². The van der Waals surface area contributed by atoms with Gasteiger partial charge in [-0.1, -0.05) is 11.6 Å². The quantitative estimate of drug-likeness (QED) is 0.791. The smallest absolute Gasteiger partial charge is 0.324 e. The Bertz CT molecular complexity index is 640. The van der Waals surface area contributed by atoms with Gasteiger partial charge in [-0.05, 0) is 61.8 Å². The number of esters is 1. The van der Waals surface area contributed by atoms with Gasteiger partial charge in [0.25, 0.3) is 0 Å². The Hall–Kier alpha value is -0.630. The summed E-state index contributed by atoms with van der Waals surface area (Å²) in [5.41, 5.74) is -0.680. The average Bonchev–Trinajstić information content (AvgIpc) is 2.29. The van der Waals surface area contributed by atoms with Crippen LogP contribution >= 0.6 is 27.5 Å². The molecule has 0 spiro atoms. The first-order valence-corrected chi connectivity index (χ1v) is 8.78. The van der Waals surface area contributed by atoms with Gasteiger partial charge in [-0.3, -0.25) is 4.79 Å². The SMILES string of the molecule is C[C@H](NS(=O)(=O)c1ccc(Cl)c(Br)c1)C(=O)OC(C)(C)C. The summed E-state index contributed by atoms with van der Waals surface area (Å²) in [7, 11) is -3.84. The molecular formula is C13H17BrClNO4S. The molecule has 0 saturated heterocycles. The van der Waals surface area contributed by atoms with E-state index in [-0.39, 0.29) is 4.90 Å². The zero-order valence-corrected chi connectivity index (χ0v) is 15.3. The fourth-order valence-electron chi connectivity index (χ4n) is 1.38. The van der Waals surface area contributed by atoms with Crippen molar-refractivity contribution < 1.29 is 17.9 Å². The van der Waals surface area contributed by atoms with Gasteiger partial charge in [-0.2, -0.15) is 4.72 Å². The Morgan fingerprint density at radius 3 is 2.43 bits per heavy atom. The molecule has 8 heteroatoms. The number of halogens is 2. The molecule has 0 aromatic heterocycles. The molecule has 118 valence electrons. The normalized spacial score (nSPS) is 13.8. The van der Waals surface area contributed by atoms with Crippen LogP contribution in [0.25, 0.3) is 0 Å². The van der Waals surface area contributed by atoms with Gasteiger partial charge in [0.1, 0.15) is 11.6 Å². The molecule has 0 aliphatic heterocycles. The number of ether oxygens (including phenoxy) is 1. The first kappa shape index (κ1) is 18.4. The molecule has 1 aromatic carbocycles. The topological polar surface area (TPSA) is 72.5 Å². The number of hydrogen-bond donors (Lipinski definition) is 1. The fourth-order valence-corrected chi connectivity index (χ4v) is 3.25. The molecule has 0 heterocycles. The van der Waals surface area contributed by atoms with E-state index >= 15 is 0 Å². The highest BCUT2D eigenvalue weighted by molar-refractivity contribution is 9.10. The summed E-state index contributed by atoms with van der Waals surface area (Å²) in [6.45, 7) is 6.56. The van der Waals surface area contributed by atoms with Crippen molar-refractivity contribution in [2.75, 3.05) is 0 Å². The minimum atomic E-state index is -3.84. The average molecular weight is 399 g/mol. The number of hydrogen-bond acceptors (Lipinski definition) is 4. The molecule has 1 rings (SSSR count). The molecule has 0 saturated carbocycles. The van der Waals surface area contributed by atoms with E-state index in [1.54, 1.807) is 20.8 Å². The molecule has 5 nitrogen and oxygen atoms in total. The standard InChI is InChI=1S/C13H17BrClNO4S/c1-8(12(17)20-13(2,3)4)16-21(18,19)9-5-6-11(15)10(14)7-9/h5-8,16H,1-4H3/t8-/m0/s1. The van der Waals surface area contributed by atoms with Crippen LogP contribution < -0.4 is 4.72 Å². The highest BCUT2D eigenvalue weighted by Gasteiger charge is 2.26. The lowest BCUT2D eigenvalue weighted by molar-refractivity contribution is -0.156. The van der Waals surface area contributed by atoms with Crippen LogP contribution in [0.15, 0.2) is 27.6 Å². The minimum Gasteiger partial charge on any atom is -0.459 e. The van der Waals surface area contributed by atoms with E-state index < -0.39 is 27.6 Å². The van der Waals surface area contributed by atoms with Crippen molar-refractivity contribution in [3.05, 3.63) is 27.7 Å². The maximum absolute atomic E-state index is 12.2. The Balaban J connectivity index is 2.89. The molecule has 21 heavy (non-hydrogen) atoms. The predicted molar refractivity (Wildman–Crippen MR) is 84.8 cm³/mol. The number of rotatable bonds is 4. The molecule has 1 atom stereocenters. The second-order valence-electron chi connectivity index (χ2n) is 5.45. The number of carbonyl (C=O) groups is 1. The van der Waals surface area contributed by atoms with Gasteiger partial charge in [0.15, 0.2) is 0 Å². The number of sulfonamides is 1. The van der Waals surface area contributed by atoms with Gasteiger partial charge in [-0.15, -0.1) is 0 Å². The lowest BCUT2D eigenvalue weighted by Crippen LogP contribution is -2.42. The van der Waals surface area contributed by atoms with Gasteiger partial charge >= 0.3 is 5.97 Å². The van der Waals surface area contributed by atoms with Crippen LogP contribution in [0.1, 0.15) is 27.7 Å².